The lowest BCUT2D eigenvalue weighted by Crippen LogP contribution is -2.49. The molecule has 7 nitrogen and oxygen atoms in total. The van der Waals surface area contributed by atoms with Gasteiger partial charge < -0.3 is 24.3 Å². The number of carbonyl (C=O) groups excluding carboxylic acids is 1. The second kappa shape index (κ2) is 11.8. The van der Waals surface area contributed by atoms with Crippen LogP contribution in [0.3, 0.4) is 0 Å². The Morgan fingerprint density at radius 1 is 1.22 bits per heavy atom. The van der Waals surface area contributed by atoms with Gasteiger partial charge >= 0.3 is 6.36 Å². The van der Waals surface area contributed by atoms with Crippen molar-refractivity contribution in [2.24, 2.45) is 0 Å². The zero-order valence-electron chi connectivity index (χ0n) is 19.8. The minimum absolute atomic E-state index is 0.0567. The van der Waals surface area contributed by atoms with Gasteiger partial charge in [0.1, 0.15) is 23.9 Å². The van der Waals surface area contributed by atoms with Gasteiger partial charge in [-0.05, 0) is 62.6 Å². The van der Waals surface area contributed by atoms with Crippen molar-refractivity contribution in [3.8, 4) is 23.3 Å². The lowest BCUT2D eigenvalue weighted by Gasteiger charge is -2.26. The highest BCUT2D eigenvalue weighted by Gasteiger charge is 2.32. The van der Waals surface area contributed by atoms with Crippen LogP contribution >= 0.6 is 0 Å². The van der Waals surface area contributed by atoms with Gasteiger partial charge in [-0.25, -0.2) is 0 Å². The predicted octanol–water partition coefficient (Wildman–Crippen LogP) is 5.31. The second-order valence-electron chi connectivity index (χ2n) is 8.40. The highest BCUT2D eigenvalue weighted by molar-refractivity contribution is 5.95. The molecule has 192 valence electrons. The van der Waals surface area contributed by atoms with Crippen molar-refractivity contribution < 1.29 is 36.9 Å². The van der Waals surface area contributed by atoms with E-state index in [0.29, 0.717) is 24.5 Å². The summed E-state index contributed by atoms with van der Waals surface area (Å²) in [6, 6.07) is 11.7. The number of nitrogens with zero attached hydrogens (tertiary/aromatic N) is 1. The van der Waals surface area contributed by atoms with Crippen molar-refractivity contribution in [1.29, 1.82) is 5.26 Å². The number of alkyl halides is 3. The second-order valence-corrected chi connectivity index (χ2v) is 8.40. The number of nitriles is 1. The first-order valence-electron chi connectivity index (χ1n) is 11.4. The third kappa shape index (κ3) is 7.65. The fourth-order valence-electron chi connectivity index (χ4n) is 3.53. The molecule has 1 aliphatic rings. The molecule has 2 unspecified atom stereocenters. The van der Waals surface area contributed by atoms with E-state index in [4.69, 9.17) is 14.2 Å². The van der Waals surface area contributed by atoms with E-state index in [1.54, 1.807) is 24.3 Å². The average molecular weight is 505 g/mol. The topological polar surface area (TPSA) is 89.8 Å². The van der Waals surface area contributed by atoms with E-state index in [1.165, 1.54) is 19.1 Å². The monoisotopic (exact) mass is 504 g/mol. The Morgan fingerprint density at radius 3 is 2.56 bits per heavy atom. The summed E-state index contributed by atoms with van der Waals surface area (Å²) in [5.74, 6) is -0.0595. The molecule has 36 heavy (non-hydrogen) atoms. The SMILES string of the molecule is C=CCc1c(OCC(C)(C#N)NC(=O)c2ccc(OC(F)(F)F)cc2)cccc1OC1CCCCO1. The van der Waals surface area contributed by atoms with E-state index in [9.17, 15) is 23.2 Å². The van der Waals surface area contributed by atoms with Gasteiger partial charge in [0.05, 0.1) is 12.7 Å². The van der Waals surface area contributed by atoms with Gasteiger partial charge in [-0.1, -0.05) is 12.1 Å². The van der Waals surface area contributed by atoms with Gasteiger partial charge in [-0.15, -0.1) is 19.8 Å². The van der Waals surface area contributed by atoms with E-state index in [1.807, 2.05) is 6.07 Å². The summed E-state index contributed by atoms with van der Waals surface area (Å²) in [6.45, 7) is 5.71. The van der Waals surface area contributed by atoms with E-state index in [-0.39, 0.29) is 18.5 Å². The molecule has 1 fully saturated rings. The van der Waals surface area contributed by atoms with Gasteiger partial charge in [-0.3, -0.25) is 4.79 Å². The van der Waals surface area contributed by atoms with E-state index < -0.39 is 23.6 Å². The van der Waals surface area contributed by atoms with Crippen LogP contribution in [0.5, 0.6) is 17.2 Å². The number of amides is 1. The Hall–Kier alpha value is -3.71. The van der Waals surface area contributed by atoms with Gasteiger partial charge in [0.2, 0.25) is 0 Å². The molecule has 2 aromatic carbocycles. The molecule has 1 aliphatic heterocycles. The van der Waals surface area contributed by atoms with E-state index >= 15 is 0 Å². The van der Waals surface area contributed by atoms with Crippen molar-refractivity contribution in [3.05, 3.63) is 66.2 Å². The minimum Gasteiger partial charge on any atom is -0.490 e. The predicted molar refractivity (Wildman–Crippen MR) is 125 cm³/mol. The number of hydrogen-bond donors (Lipinski definition) is 1. The van der Waals surface area contributed by atoms with Crippen LogP contribution < -0.4 is 19.5 Å². The Kier molecular flexibility index (Phi) is 8.83. The molecule has 0 saturated carbocycles. The standard InChI is InChI=1S/C26H27F3N2O5/c1-3-7-20-21(8-6-9-22(20)35-23-10-4-5-15-33-23)34-17-25(2,16-30)31-24(32)18-11-13-19(14-12-18)36-26(27,28)29/h3,6,8-9,11-14,23H,1,4-5,7,10,15,17H2,2H3,(H,31,32). The van der Waals surface area contributed by atoms with Crippen LogP contribution in [0.2, 0.25) is 0 Å². The molecule has 2 atom stereocenters. The highest BCUT2D eigenvalue weighted by Crippen LogP contribution is 2.32. The Labute approximate surface area is 207 Å². The Bertz CT molecular complexity index is 1090. The molecule has 1 saturated heterocycles. The smallest absolute Gasteiger partial charge is 0.490 e. The number of ether oxygens (including phenoxy) is 4. The summed E-state index contributed by atoms with van der Waals surface area (Å²) in [4.78, 5) is 12.6. The fraction of sp³-hybridized carbons (Fsp3) is 0.385. The maximum absolute atomic E-state index is 12.6. The molecule has 1 heterocycles. The van der Waals surface area contributed by atoms with Crippen LogP contribution in [0, 0.1) is 11.3 Å². The fourth-order valence-corrected chi connectivity index (χ4v) is 3.53. The zero-order chi connectivity index (χ0) is 26.2. The number of nitrogens with one attached hydrogen (secondary N) is 1. The number of hydrogen-bond acceptors (Lipinski definition) is 6. The third-order valence-electron chi connectivity index (χ3n) is 5.34. The first kappa shape index (κ1) is 26.9. The summed E-state index contributed by atoms with van der Waals surface area (Å²) in [5.41, 5.74) is -0.651. The van der Waals surface area contributed by atoms with Crippen LogP contribution in [0.4, 0.5) is 13.2 Å². The molecule has 1 amide bonds. The maximum Gasteiger partial charge on any atom is 0.573 e. The molecule has 0 radical (unpaired) electrons. The lowest BCUT2D eigenvalue weighted by molar-refractivity contribution is -0.274. The number of rotatable bonds is 10. The van der Waals surface area contributed by atoms with Crippen LogP contribution in [0.25, 0.3) is 0 Å². The van der Waals surface area contributed by atoms with Gasteiger partial charge in [-0.2, -0.15) is 5.26 Å². The van der Waals surface area contributed by atoms with Gasteiger partial charge in [0, 0.05) is 17.5 Å². The van der Waals surface area contributed by atoms with Gasteiger partial charge in [0.25, 0.3) is 5.91 Å². The molecule has 0 spiro atoms. The lowest BCUT2D eigenvalue weighted by atomic mass is 10.0. The maximum atomic E-state index is 12.6. The largest absolute Gasteiger partial charge is 0.573 e. The van der Waals surface area contributed by atoms with E-state index in [2.05, 4.69) is 16.6 Å². The van der Waals surface area contributed by atoms with Crippen LogP contribution in [0.1, 0.15) is 42.1 Å². The highest BCUT2D eigenvalue weighted by atomic mass is 19.4. The summed E-state index contributed by atoms with van der Waals surface area (Å²) in [5, 5.41) is 12.3. The number of carbonyl (C=O) groups is 1. The van der Waals surface area contributed by atoms with Crippen molar-refractivity contribution in [1.82, 2.24) is 5.32 Å². The first-order chi connectivity index (χ1) is 17.1. The molecule has 3 rings (SSSR count). The molecule has 2 aromatic rings. The molecule has 0 aliphatic carbocycles. The molecule has 0 aromatic heterocycles. The first-order valence-corrected chi connectivity index (χ1v) is 11.4. The number of allylic oxidation sites excluding steroid dienone is 1. The molecule has 1 N–H and O–H groups in total. The molecular formula is C26H27F3N2O5. The number of halogens is 3. The quantitative estimate of drug-likeness (QED) is 0.441. The summed E-state index contributed by atoms with van der Waals surface area (Å²) >= 11 is 0. The van der Waals surface area contributed by atoms with Crippen molar-refractivity contribution in [3.63, 3.8) is 0 Å². The van der Waals surface area contributed by atoms with E-state index in [0.717, 1.165) is 37.0 Å². The third-order valence-corrected chi connectivity index (χ3v) is 5.34. The Balaban J connectivity index is 1.68. The van der Waals surface area contributed by atoms with Crippen LogP contribution in [-0.2, 0) is 11.2 Å². The zero-order valence-corrected chi connectivity index (χ0v) is 19.8. The summed E-state index contributed by atoms with van der Waals surface area (Å²) in [6.07, 6.45) is -0.261. The summed E-state index contributed by atoms with van der Waals surface area (Å²) < 4.78 is 58.5. The Morgan fingerprint density at radius 2 is 1.94 bits per heavy atom. The molecule has 10 heteroatoms. The van der Waals surface area contributed by atoms with Crippen LogP contribution in [-0.4, -0.2) is 37.3 Å². The van der Waals surface area contributed by atoms with Gasteiger partial charge in [0.15, 0.2) is 11.8 Å². The average Bonchev–Trinajstić information content (AvgIpc) is 2.84. The van der Waals surface area contributed by atoms with Crippen molar-refractivity contribution in [2.75, 3.05) is 13.2 Å². The van der Waals surface area contributed by atoms with Crippen molar-refractivity contribution in [2.45, 2.75) is 50.8 Å². The molecular weight excluding hydrogens is 477 g/mol. The number of benzene rings is 2. The molecule has 0 bridgehead atoms. The van der Waals surface area contributed by atoms with Crippen molar-refractivity contribution >= 4 is 5.91 Å². The summed E-state index contributed by atoms with van der Waals surface area (Å²) in [7, 11) is 0. The van der Waals surface area contributed by atoms with Crippen LogP contribution in [0.15, 0.2) is 55.1 Å². The minimum atomic E-state index is -4.84. The normalized spacial score (nSPS) is 17.2.